The van der Waals surface area contributed by atoms with Crippen LogP contribution in [0, 0.1) is 6.92 Å². The lowest BCUT2D eigenvalue weighted by Crippen LogP contribution is -2.12. The lowest BCUT2D eigenvalue weighted by atomic mass is 10.1. The summed E-state index contributed by atoms with van der Waals surface area (Å²) in [5.74, 6) is 0.582. The minimum absolute atomic E-state index is 0.148. The third-order valence-corrected chi connectivity index (χ3v) is 4.61. The number of rotatable bonds is 6. The topological polar surface area (TPSA) is 38.3 Å². The first-order valence-corrected chi connectivity index (χ1v) is 9.25. The third kappa shape index (κ3) is 4.96. The summed E-state index contributed by atoms with van der Waals surface area (Å²) < 4.78 is 6.59. The number of carbonyl (C=O) groups excluding carboxylic acids is 1. The van der Waals surface area contributed by atoms with Crippen molar-refractivity contribution in [3.8, 4) is 5.75 Å². The molecule has 0 unspecified atom stereocenters. The zero-order valence-corrected chi connectivity index (χ0v) is 16.1. The first kappa shape index (κ1) is 18.2. The van der Waals surface area contributed by atoms with Crippen LogP contribution in [0.5, 0.6) is 5.75 Å². The molecule has 0 atom stereocenters. The summed E-state index contributed by atoms with van der Waals surface area (Å²) >= 11 is 3.49. The van der Waals surface area contributed by atoms with Crippen LogP contribution in [0.4, 0.5) is 5.69 Å². The molecule has 0 saturated heterocycles. The van der Waals surface area contributed by atoms with Gasteiger partial charge in [-0.2, -0.15) is 0 Å². The number of aryl methyl sites for hydroxylation is 1. The Morgan fingerprint density at radius 2 is 1.73 bits per heavy atom. The second kappa shape index (κ2) is 8.68. The molecule has 1 N–H and O–H groups in total. The van der Waals surface area contributed by atoms with Crippen LogP contribution < -0.4 is 10.1 Å². The fraction of sp³-hybridized carbons (Fsp3) is 0.136. The van der Waals surface area contributed by atoms with Gasteiger partial charge in [-0.25, -0.2) is 0 Å². The second-order valence-corrected chi connectivity index (χ2v) is 6.90. The molecule has 0 bridgehead atoms. The van der Waals surface area contributed by atoms with E-state index >= 15 is 0 Å². The Hall–Kier alpha value is -2.59. The third-order valence-electron chi connectivity index (χ3n) is 3.99. The molecular formula is C22H20BrNO2. The maximum atomic E-state index is 12.4. The van der Waals surface area contributed by atoms with E-state index < -0.39 is 0 Å². The molecule has 3 rings (SSSR count). The molecule has 26 heavy (non-hydrogen) atoms. The van der Waals surface area contributed by atoms with Crippen LogP contribution in [0.25, 0.3) is 0 Å². The summed E-state index contributed by atoms with van der Waals surface area (Å²) in [5, 5.41) is 2.90. The van der Waals surface area contributed by atoms with Crippen molar-refractivity contribution in [2.75, 3.05) is 11.9 Å². The molecule has 132 valence electrons. The Morgan fingerprint density at radius 1 is 1.00 bits per heavy atom. The predicted molar refractivity (Wildman–Crippen MR) is 109 cm³/mol. The summed E-state index contributed by atoms with van der Waals surface area (Å²) in [5.41, 5.74) is 3.74. The highest BCUT2D eigenvalue weighted by atomic mass is 79.9. The first-order chi connectivity index (χ1) is 12.6. The molecule has 0 aliphatic rings. The number of halogens is 1. The van der Waals surface area contributed by atoms with Gasteiger partial charge in [0.25, 0.3) is 5.91 Å². The van der Waals surface area contributed by atoms with Crippen LogP contribution >= 0.6 is 15.9 Å². The monoisotopic (exact) mass is 409 g/mol. The molecule has 1 amide bonds. The number of ether oxygens (including phenoxy) is 1. The van der Waals surface area contributed by atoms with Gasteiger partial charge in [0.2, 0.25) is 0 Å². The molecule has 0 aliphatic carbocycles. The maximum Gasteiger partial charge on any atom is 0.255 e. The van der Waals surface area contributed by atoms with Gasteiger partial charge in [-0.1, -0.05) is 48.0 Å². The van der Waals surface area contributed by atoms with Crippen LogP contribution in [0.2, 0.25) is 0 Å². The molecule has 0 saturated carbocycles. The van der Waals surface area contributed by atoms with Crippen molar-refractivity contribution < 1.29 is 9.53 Å². The summed E-state index contributed by atoms with van der Waals surface area (Å²) in [6.45, 7) is 2.59. The molecule has 0 fully saturated rings. The van der Waals surface area contributed by atoms with Crippen molar-refractivity contribution in [3.63, 3.8) is 0 Å². The zero-order chi connectivity index (χ0) is 18.4. The van der Waals surface area contributed by atoms with Gasteiger partial charge in [-0.15, -0.1) is 0 Å². The summed E-state index contributed by atoms with van der Waals surface area (Å²) in [7, 11) is 0. The van der Waals surface area contributed by atoms with Crippen molar-refractivity contribution in [1.29, 1.82) is 0 Å². The van der Waals surface area contributed by atoms with Crippen molar-refractivity contribution in [3.05, 3.63) is 94.0 Å². The average Bonchev–Trinajstić information content (AvgIpc) is 2.65. The first-order valence-electron chi connectivity index (χ1n) is 8.46. The van der Waals surface area contributed by atoms with E-state index in [4.69, 9.17) is 4.74 Å². The van der Waals surface area contributed by atoms with E-state index in [9.17, 15) is 4.79 Å². The Bertz CT molecular complexity index is 876. The standard InChI is InChI=1S/C22H20BrNO2/c1-16-7-10-19(11-8-16)24-22(25)18-9-12-21(20(23)15-18)26-14-13-17-5-3-2-4-6-17/h2-12,15H,13-14H2,1H3,(H,24,25). The van der Waals surface area contributed by atoms with Crippen LogP contribution in [0.1, 0.15) is 21.5 Å². The van der Waals surface area contributed by atoms with Crippen LogP contribution in [-0.4, -0.2) is 12.5 Å². The van der Waals surface area contributed by atoms with E-state index in [1.807, 2.05) is 55.5 Å². The molecule has 0 aromatic heterocycles. The van der Waals surface area contributed by atoms with Gasteiger partial charge in [-0.3, -0.25) is 4.79 Å². The number of nitrogens with one attached hydrogen (secondary N) is 1. The fourth-order valence-corrected chi connectivity index (χ4v) is 3.02. The number of hydrogen-bond acceptors (Lipinski definition) is 2. The van der Waals surface area contributed by atoms with Crippen LogP contribution in [-0.2, 0) is 6.42 Å². The molecule has 0 heterocycles. The van der Waals surface area contributed by atoms with Gasteiger partial charge in [0.05, 0.1) is 11.1 Å². The van der Waals surface area contributed by atoms with Crippen molar-refractivity contribution >= 4 is 27.5 Å². The molecule has 0 aliphatic heterocycles. The van der Waals surface area contributed by atoms with Crippen molar-refractivity contribution in [2.24, 2.45) is 0 Å². The average molecular weight is 410 g/mol. The number of benzene rings is 3. The minimum Gasteiger partial charge on any atom is -0.492 e. The van der Waals surface area contributed by atoms with E-state index in [1.165, 1.54) is 5.56 Å². The van der Waals surface area contributed by atoms with Gasteiger partial charge in [-0.05, 0) is 58.7 Å². The summed E-state index contributed by atoms with van der Waals surface area (Å²) in [6, 6.07) is 23.3. The van der Waals surface area contributed by atoms with Crippen LogP contribution in [0.3, 0.4) is 0 Å². The molecule has 0 spiro atoms. The molecule has 3 nitrogen and oxygen atoms in total. The molecule has 4 heteroatoms. The molecule has 3 aromatic carbocycles. The van der Waals surface area contributed by atoms with Gasteiger partial charge in [0, 0.05) is 17.7 Å². The SMILES string of the molecule is Cc1ccc(NC(=O)c2ccc(OCCc3ccccc3)c(Br)c2)cc1. The summed E-state index contributed by atoms with van der Waals surface area (Å²) in [6.07, 6.45) is 0.836. The number of carbonyl (C=O) groups is 1. The fourth-order valence-electron chi connectivity index (χ4n) is 2.52. The Balaban J connectivity index is 1.59. The zero-order valence-electron chi connectivity index (χ0n) is 14.5. The number of anilines is 1. The van der Waals surface area contributed by atoms with E-state index in [0.29, 0.717) is 12.2 Å². The van der Waals surface area contributed by atoms with Gasteiger partial charge in [0.15, 0.2) is 0 Å². The van der Waals surface area contributed by atoms with E-state index in [0.717, 1.165) is 27.9 Å². The highest BCUT2D eigenvalue weighted by Crippen LogP contribution is 2.26. The lowest BCUT2D eigenvalue weighted by Gasteiger charge is -2.10. The predicted octanol–water partition coefficient (Wildman–Crippen LogP) is 5.63. The molecule has 0 radical (unpaired) electrons. The van der Waals surface area contributed by atoms with Gasteiger partial charge < -0.3 is 10.1 Å². The van der Waals surface area contributed by atoms with Crippen LogP contribution in [0.15, 0.2) is 77.3 Å². The smallest absolute Gasteiger partial charge is 0.255 e. The number of hydrogen-bond donors (Lipinski definition) is 1. The Morgan fingerprint density at radius 3 is 2.42 bits per heavy atom. The normalized spacial score (nSPS) is 10.4. The Labute approximate surface area is 162 Å². The molecule has 3 aromatic rings. The molecular weight excluding hydrogens is 390 g/mol. The summed E-state index contributed by atoms with van der Waals surface area (Å²) in [4.78, 5) is 12.4. The largest absolute Gasteiger partial charge is 0.492 e. The highest BCUT2D eigenvalue weighted by Gasteiger charge is 2.10. The van der Waals surface area contributed by atoms with E-state index in [2.05, 4.69) is 33.4 Å². The highest BCUT2D eigenvalue weighted by molar-refractivity contribution is 9.10. The minimum atomic E-state index is -0.148. The quantitative estimate of drug-likeness (QED) is 0.572. The van der Waals surface area contributed by atoms with Crippen molar-refractivity contribution in [1.82, 2.24) is 0 Å². The van der Waals surface area contributed by atoms with Crippen molar-refractivity contribution in [2.45, 2.75) is 13.3 Å². The number of amides is 1. The maximum absolute atomic E-state index is 12.4. The van der Waals surface area contributed by atoms with Gasteiger partial charge >= 0.3 is 0 Å². The second-order valence-electron chi connectivity index (χ2n) is 6.05. The lowest BCUT2D eigenvalue weighted by molar-refractivity contribution is 0.102. The van der Waals surface area contributed by atoms with Gasteiger partial charge in [0.1, 0.15) is 5.75 Å². The van der Waals surface area contributed by atoms with E-state index in [1.54, 1.807) is 12.1 Å². The Kier molecular flexibility index (Phi) is 6.08. The van der Waals surface area contributed by atoms with E-state index in [-0.39, 0.29) is 5.91 Å².